The lowest BCUT2D eigenvalue weighted by molar-refractivity contribution is -0.0838. The second kappa shape index (κ2) is 8.65. The highest BCUT2D eigenvalue weighted by Crippen LogP contribution is 2.53. The van der Waals surface area contributed by atoms with E-state index in [0.717, 1.165) is 5.56 Å². The van der Waals surface area contributed by atoms with Crippen LogP contribution in [-0.2, 0) is 10.5 Å². The lowest BCUT2D eigenvalue weighted by Crippen LogP contribution is -2.54. The normalized spacial score (nSPS) is 21.1. The average molecular weight is 466 g/mol. The number of rotatable bonds is 4. The first kappa shape index (κ1) is 21.5. The molecule has 2 aliphatic heterocycles. The van der Waals surface area contributed by atoms with E-state index in [2.05, 4.69) is 4.90 Å². The van der Waals surface area contributed by atoms with Gasteiger partial charge in [0.1, 0.15) is 16.9 Å². The molecule has 6 rings (SSSR count). The Hall–Kier alpha value is -4.00. The van der Waals surface area contributed by atoms with Gasteiger partial charge in [-0.2, -0.15) is 0 Å². The van der Waals surface area contributed by atoms with Crippen LogP contribution in [0.4, 0.5) is 0 Å². The maximum Gasteiger partial charge on any atom is 0.347 e. The summed E-state index contributed by atoms with van der Waals surface area (Å²) >= 11 is 0. The molecule has 3 aromatic carbocycles. The van der Waals surface area contributed by atoms with Crippen molar-refractivity contribution < 1.29 is 18.7 Å². The second-order valence-corrected chi connectivity index (χ2v) is 8.59. The van der Waals surface area contributed by atoms with E-state index in [1.807, 2.05) is 66.7 Å². The van der Waals surface area contributed by atoms with Crippen molar-refractivity contribution in [3.05, 3.63) is 118 Å². The van der Waals surface area contributed by atoms with Crippen LogP contribution in [0.5, 0.6) is 5.75 Å². The molecule has 3 heterocycles. The van der Waals surface area contributed by atoms with Crippen LogP contribution in [0.3, 0.4) is 0 Å². The van der Waals surface area contributed by atoms with Crippen LogP contribution in [0.2, 0.25) is 0 Å². The lowest BCUT2D eigenvalue weighted by Gasteiger charge is -2.43. The standard InChI is InChI=1S/C29H23NO5/c31-24(20-9-3-1-4-10-20)19-23-26-27(22-13-7-8-14-25(22)34-28(26)32)35-29(23,21-11-5-2-6-12-21)30-15-17-33-18-16-30/h1-14,19H,15-18H2. The van der Waals surface area contributed by atoms with Crippen LogP contribution in [0, 0.1) is 0 Å². The Morgan fingerprint density at radius 1 is 0.857 bits per heavy atom. The van der Waals surface area contributed by atoms with Crippen LogP contribution >= 0.6 is 0 Å². The van der Waals surface area contributed by atoms with Crippen molar-refractivity contribution >= 4 is 22.3 Å². The van der Waals surface area contributed by atoms with Gasteiger partial charge in [0.2, 0.25) is 5.72 Å². The number of para-hydroxylation sites is 1. The molecular weight excluding hydrogens is 442 g/mol. The van der Waals surface area contributed by atoms with E-state index in [9.17, 15) is 9.59 Å². The second-order valence-electron chi connectivity index (χ2n) is 8.59. The monoisotopic (exact) mass is 465 g/mol. The zero-order valence-electron chi connectivity index (χ0n) is 19.0. The van der Waals surface area contributed by atoms with Gasteiger partial charge in [-0.05, 0) is 18.2 Å². The summed E-state index contributed by atoms with van der Waals surface area (Å²) in [5.41, 5.74) is 0.845. The summed E-state index contributed by atoms with van der Waals surface area (Å²) in [7, 11) is 0. The summed E-state index contributed by atoms with van der Waals surface area (Å²) in [5.74, 6) is 0.220. The van der Waals surface area contributed by atoms with Crippen molar-refractivity contribution in [2.45, 2.75) is 5.72 Å². The molecule has 1 fully saturated rings. The number of benzene rings is 3. The minimum Gasteiger partial charge on any atom is -0.462 e. The first-order chi connectivity index (χ1) is 17.2. The van der Waals surface area contributed by atoms with Gasteiger partial charge in [0.05, 0.1) is 18.6 Å². The van der Waals surface area contributed by atoms with Gasteiger partial charge in [-0.15, -0.1) is 0 Å². The van der Waals surface area contributed by atoms with E-state index in [4.69, 9.17) is 13.9 Å². The van der Waals surface area contributed by atoms with Gasteiger partial charge in [-0.25, -0.2) is 4.79 Å². The zero-order valence-corrected chi connectivity index (χ0v) is 19.0. The van der Waals surface area contributed by atoms with Gasteiger partial charge in [-0.1, -0.05) is 72.8 Å². The summed E-state index contributed by atoms with van der Waals surface area (Å²) < 4.78 is 18.2. The van der Waals surface area contributed by atoms with Gasteiger partial charge < -0.3 is 13.9 Å². The third-order valence-corrected chi connectivity index (χ3v) is 6.60. The van der Waals surface area contributed by atoms with E-state index < -0.39 is 11.4 Å². The molecule has 0 aliphatic carbocycles. The summed E-state index contributed by atoms with van der Waals surface area (Å²) in [4.78, 5) is 29.0. The number of carbonyl (C=O) groups is 1. The molecule has 0 saturated carbocycles. The van der Waals surface area contributed by atoms with E-state index in [-0.39, 0.29) is 11.3 Å². The van der Waals surface area contributed by atoms with Crippen molar-refractivity contribution in [1.29, 1.82) is 0 Å². The summed E-state index contributed by atoms with van der Waals surface area (Å²) in [6, 6.07) is 26.1. The molecule has 4 aromatic rings. The van der Waals surface area contributed by atoms with Gasteiger partial charge >= 0.3 is 5.63 Å². The van der Waals surface area contributed by atoms with Gasteiger partial charge in [0.15, 0.2) is 5.78 Å². The molecule has 2 aliphatic rings. The van der Waals surface area contributed by atoms with Crippen molar-refractivity contribution in [2.24, 2.45) is 0 Å². The third-order valence-electron chi connectivity index (χ3n) is 6.60. The average Bonchev–Trinajstić information content (AvgIpc) is 3.27. The number of hydrogen-bond acceptors (Lipinski definition) is 6. The molecule has 1 saturated heterocycles. The molecule has 1 atom stereocenters. The Balaban J connectivity index is 1.67. The fourth-order valence-corrected chi connectivity index (χ4v) is 4.99. The first-order valence-corrected chi connectivity index (χ1v) is 11.6. The quantitative estimate of drug-likeness (QED) is 0.249. The zero-order chi connectivity index (χ0) is 23.8. The number of nitrogens with zero attached hydrogens (tertiary/aromatic N) is 1. The maximum atomic E-state index is 13.5. The van der Waals surface area contributed by atoms with Crippen LogP contribution in [0.1, 0.15) is 21.5 Å². The lowest BCUT2D eigenvalue weighted by atomic mass is 9.88. The predicted molar refractivity (Wildman–Crippen MR) is 132 cm³/mol. The molecule has 0 N–H and O–H groups in total. The van der Waals surface area contributed by atoms with Crippen molar-refractivity contribution in [1.82, 2.24) is 4.90 Å². The molecule has 35 heavy (non-hydrogen) atoms. The van der Waals surface area contributed by atoms with E-state index in [0.29, 0.717) is 54.2 Å². The van der Waals surface area contributed by atoms with E-state index in [1.165, 1.54) is 6.08 Å². The summed E-state index contributed by atoms with van der Waals surface area (Å²) in [5, 5.41) is 0.686. The number of ether oxygens (including phenoxy) is 2. The predicted octanol–water partition coefficient (Wildman–Crippen LogP) is 4.64. The van der Waals surface area contributed by atoms with Crippen molar-refractivity contribution in [3.8, 4) is 5.75 Å². The smallest absolute Gasteiger partial charge is 0.347 e. The molecule has 1 aromatic heterocycles. The number of morpholine rings is 1. The fraction of sp³-hybridized carbons (Fsp3) is 0.172. The Labute approximate surface area is 202 Å². The molecule has 0 bridgehead atoms. The molecule has 6 heteroatoms. The number of fused-ring (bicyclic) bond motifs is 3. The van der Waals surface area contributed by atoms with E-state index in [1.54, 1.807) is 18.2 Å². The summed E-state index contributed by atoms with van der Waals surface area (Å²) in [6.07, 6.45) is 1.54. The third kappa shape index (κ3) is 3.50. The number of ketones is 1. The largest absolute Gasteiger partial charge is 0.462 e. The minimum atomic E-state index is -1.18. The van der Waals surface area contributed by atoms with Crippen molar-refractivity contribution in [2.75, 3.05) is 26.3 Å². The Morgan fingerprint density at radius 3 is 2.26 bits per heavy atom. The van der Waals surface area contributed by atoms with Crippen molar-refractivity contribution in [3.63, 3.8) is 0 Å². The topological polar surface area (TPSA) is 69.0 Å². The molecule has 6 nitrogen and oxygen atoms in total. The molecule has 1 unspecified atom stereocenters. The van der Waals surface area contributed by atoms with E-state index >= 15 is 0 Å². The number of hydrogen-bond donors (Lipinski definition) is 0. The first-order valence-electron chi connectivity index (χ1n) is 11.6. The highest BCUT2D eigenvalue weighted by atomic mass is 16.5. The fourth-order valence-electron chi connectivity index (χ4n) is 4.99. The number of allylic oxidation sites excluding steroid dienone is 1. The van der Waals surface area contributed by atoms with Gasteiger partial charge in [-0.3, -0.25) is 9.69 Å². The Morgan fingerprint density at radius 2 is 1.51 bits per heavy atom. The molecule has 174 valence electrons. The molecule has 0 spiro atoms. The number of carbonyl (C=O) groups excluding carboxylic acids is 1. The molecule has 0 amide bonds. The summed E-state index contributed by atoms with van der Waals surface area (Å²) in [6.45, 7) is 2.18. The SMILES string of the molecule is O=C(C=C1c2c(c3ccccc3oc2=O)OC1(c1ccccc1)N1CCOCC1)c1ccccc1. The van der Waals surface area contributed by atoms with Crippen LogP contribution < -0.4 is 10.4 Å². The van der Waals surface area contributed by atoms with Crippen LogP contribution in [0.25, 0.3) is 16.5 Å². The maximum absolute atomic E-state index is 13.5. The highest BCUT2D eigenvalue weighted by molar-refractivity contribution is 6.10. The van der Waals surface area contributed by atoms with Gasteiger partial charge in [0, 0.05) is 29.8 Å². The Kier molecular flexibility index (Phi) is 5.32. The minimum absolute atomic E-state index is 0.210. The van der Waals surface area contributed by atoms with Gasteiger partial charge in [0.25, 0.3) is 0 Å². The van der Waals surface area contributed by atoms with Crippen LogP contribution in [-0.4, -0.2) is 37.0 Å². The Bertz CT molecular complexity index is 1490. The molecular formula is C29H23NO5. The van der Waals surface area contributed by atoms with Crippen LogP contribution in [0.15, 0.2) is 100 Å². The molecule has 0 radical (unpaired) electrons. The highest BCUT2D eigenvalue weighted by Gasteiger charge is 2.53.